The summed E-state index contributed by atoms with van der Waals surface area (Å²) in [4.78, 5) is 16.0. The van der Waals surface area contributed by atoms with E-state index in [1.807, 2.05) is 0 Å². The quantitative estimate of drug-likeness (QED) is 0.853. The number of hydrogen-bond donors (Lipinski definition) is 1. The normalized spacial score (nSPS) is 17.1. The summed E-state index contributed by atoms with van der Waals surface area (Å²) >= 11 is 6.69. The lowest BCUT2D eigenvalue weighted by Gasteiger charge is -2.34. The maximum absolute atomic E-state index is 12.0. The first kappa shape index (κ1) is 16.7. The molecule has 0 spiro atoms. The van der Waals surface area contributed by atoms with Crippen molar-refractivity contribution >= 4 is 38.9 Å². The molecule has 0 aromatic carbocycles. The zero-order valence-corrected chi connectivity index (χ0v) is 14.1. The largest absolute Gasteiger partial charge is 0.339 e. The number of piperazine rings is 1. The van der Waals surface area contributed by atoms with Crippen LogP contribution in [0.4, 0.5) is 0 Å². The van der Waals surface area contributed by atoms with Crippen molar-refractivity contribution in [2.45, 2.75) is 11.1 Å². The van der Waals surface area contributed by atoms with E-state index in [1.54, 1.807) is 4.90 Å². The van der Waals surface area contributed by atoms with Crippen LogP contribution in [0.1, 0.15) is 6.92 Å². The Morgan fingerprint density at radius 2 is 2.00 bits per heavy atom. The van der Waals surface area contributed by atoms with Gasteiger partial charge in [-0.05, 0) is 18.7 Å². The zero-order chi connectivity index (χ0) is 15.5. The molecule has 0 saturated carbocycles. The van der Waals surface area contributed by atoms with Crippen LogP contribution in [-0.2, 0) is 14.8 Å². The van der Waals surface area contributed by atoms with Crippen molar-refractivity contribution in [3.8, 4) is 0 Å². The first-order valence-corrected chi connectivity index (χ1v) is 9.35. The third-order valence-corrected chi connectivity index (χ3v) is 6.52. The maximum atomic E-state index is 12.0. The van der Waals surface area contributed by atoms with Gasteiger partial charge in [-0.15, -0.1) is 11.3 Å². The molecule has 2 heterocycles. The van der Waals surface area contributed by atoms with Crippen LogP contribution in [0.3, 0.4) is 0 Å². The van der Waals surface area contributed by atoms with Gasteiger partial charge < -0.3 is 9.80 Å². The van der Waals surface area contributed by atoms with Crippen molar-refractivity contribution in [2.24, 2.45) is 0 Å². The number of carbonyl (C=O) groups excluding carboxylic acids is 1. The van der Waals surface area contributed by atoms with E-state index in [1.165, 1.54) is 12.1 Å². The van der Waals surface area contributed by atoms with Crippen LogP contribution in [0.15, 0.2) is 16.3 Å². The van der Waals surface area contributed by atoms with E-state index in [4.69, 9.17) is 11.6 Å². The highest BCUT2D eigenvalue weighted by molar-refractivity contribution is 7.91. The van der Waals surface area contributed by atoms with E-state index in [0.717, 1.165) is 31.0 Å². The maximum Gasteiger partial charge on any atom is 0.250 e. The van der Waals surface area contributed by atoms with E-state index < -0.39 is 10.0 Å². The molecule has 1 N–H and O–H groups in total. The number of sulfonamides is 1. The monoisotopic (exact) mass is 351 g/mol. The summed E-state index contributed by atoms with van der Waals surface area (Å²) in [5, 5.41) is 0. The highest BCUT2D eigenvalue weighted by atomic mass is 35.5. The van der Waals surface area contributed by atoms with E-state index >= 15 is 0 Å². The van der Waals surface area contributed by atoms with Gasteiger partial charge in [-0.1, -0.05) is 18.5 Å². The minimum atomic E-state index is -3.66. The summed E-state index contributed by atoms with van der Waals surface area (Å²) < 4.78 is 26.8. The molecule has 118 valence electrons. The Balaban J connectivity index is 1.87. The van der Waals surface area contributed by atoms with Crippen LogP contribution in [0.2, 0.25) is 4.34 Å². The molecule has 1 aromatic heterocycles. The summed E-state index contributed by atoms with van der Waals surface area (Å²) in [6, 6.07) is 2.95. The van der Waals surface area contributed by atoms with Gasteiger partial charge in [-0.25, -0.2) is 13.1 Å². The second-order valence-corrected chi connectivity index (χ2v) is 8.41. The molecule has 21 heavy (non-hydrogen) atoms. The minimum Gasteiger partial charge on any atom is -0.339 e. The van der Waals surface area contributed by atoms with E-state index in [0.29, 0.717) is 17.4 Å². The van der Waals surface area contributed by atoms with Gasteiger partial charge in [0.15, 0.2) is 0 Å². The Kier molecular flexibility index (Phi) is 5.61. The Morgan fingerprint density at radius 1 is 1.33 bits per heavy atom. The number of halogens is 1. The summed E-state index contributed by atoms with van der Waals surface area (Å²) in [7, 11) is -3.66. The van der Waals surface area contributed by atoms with Gasteiger partial charge in [0.1, 0.15) is 4.21 Å². The predicted octanol–water partition coefficient (Wildman–Crippen LogP) is 0.844. The molecule has 0 radical (unpaired) electrons. The van der Waals surface area contributed by atoms with Gasteiger partial charge in [0.25, 0.3) is 10.0 Å². The van der Waals surface area contributed by atoms with Crippen LogP contribution in [0.25, 0.3) is 0 Å². The average Bonchev–Trinajstić information content (AvgIpc) is 2.92. The molecule has 0 unspecified atom stereocenters. The number of nitrogens with one attached hydrogen (secondary N) is 1. The first-order chi connectivity index (χ1) is 9.92. The molecule has 1 aliphatic rings. The summed E-state index contributed by atoms with van der Waals surface area (Å²) in [5.41, 5.74) is 0. The SMILES string of the molecule is CCN1CCN(C(=O)CNS(=O)(=O)c2ccc(Cl)s2)CC1. The lowest BCUT2D eigenvalue weighted by atomic mass is 10.3. The lowest BCUT2D eigenvalue weighted by molar-refractivity contribution is -0.131. The van der Waals surface area contributed by atoms with Crippen molar-refractivity contribution < 1.29 is 13.2 Å². The van der Waals surface area contributed by atoms with Crippen LogP contribution in [0.5, 0.6) is 0 Å². The van der Waals surface area contributed by atoms with Gasteiger partial charge >= 0.3 is 0 Å². The second-order valence-electron chi connectivity index (χ2n) is 4.70. The van der Waals surface area contributed by atoms with Crippen LogP contribution in [-0.4, -0.2) is 63.4 Å². The summed E-state index contributed by atoms with van der Waals surface area (Å²) in [6.07, 6.45) is 0. The molecular formula is C12H18ClN3O3S2. The molecule has 2 rings (SSSR count). The number of carbonyl (C=O) groups is 1. The second kappa shape index (κ2) is 7.06. The average molecular weight is 352 g/mol. The smallest absolute Gasteiger partial charge is 0.250 e. The fourth-order valence-electron chi connectivity index (χ4n) is 2.10. The number of rotatable bonds is 5. The number of amides is 1. The van der Waals surface area contributed by atoms with Crippen LogP contribution < -0.4 is 4.72 Å². The van der Waals surface area contributed by atoms with E-state index in [9.17, 15) is 13.2 Å². The Hall–Kier alpha value is -0.670. The van der Waals surface area contributed by atoms with Crippen LogP contribution >= 0.6 is 22.9 Å². The fraction of sp³-hybridized carbons (Fsp3) is 0.583. The molecule has 1 saturated heterocycles. The first-order valence-electron chi connectivity index (χ1n) is 6.67. The van der Waals surface area contributed by atoms with E-state index in [2.05, 4.69) is 16.5 Å². The topological polar surface area (TPSA) is 69.7 Å². The van der Waals surface area contributed by atoms with Crippen molar-refractivity contribution in [3.63, 3.8) is 0 Å². The Morgan fingerprint density at radius 3 is 2.52 bits per heavy atom. The standard InChI is InChI=1S/C12H18ClN3O3S2/c1-2-15-5-7-16(8-6-15)11(17)9-14-21(18,19)12-4-3-10(13)20-12/h3-4,14H,2,5-9H2,1H3. The molecule has 0 bridgehead atoms. The Labute approximate surface area is 133 Å². The summed E-state index contributed by atoms with van der Waals surface area (Å²) in [5.74, 6) is -0.197. The zero-order valence-electron chi connectivity index (χ0n) is 11.7. The number of likely N-dealkylation sites (N-methyl/N-ethyl adjacent to an activating group) is 1. The number of hydrogen-bond acceptors (Lipinski definition) is 5. The minimum absolute atomic E-state index is 0.121. The van der Waals surface area contributed by atoms with Gasteiger partial charge in [0.05, 0.1) is 10.9 Å². The third kappa shape index (κ3) is 4.40. The predicted molar refractivity (Wildman–Crippen MR) is 83.2 cm³/mol. The molecule has 1 fully saturated rings. The lowest BCUT2D eigenvalue weighted by Crippen LogP contribution is -2.50. The van der Waals surface area contributed by atoms with Gasteiger partial charge in [0, 0.05) is 26.2 Å². The van der Waals surface area contributed by atoms with Crippen molar-refractivity contribution in [2.75, 3.05) is 39.3 Å². The molecule has 9 heteroatoms. The van der Waals surface area contributed by atoms with Crippen molar-refractivity contribution in [1.29, 1.82) is 0 Å². The number of thiophene rings is 1. The van der Waals surface area contributed by atoms with Gasteiger partial charge in [-0.2, -0.15) is 0 Å². The van der Waals surface area contributed by atoms with Crippen molar-refractivity contribution in [1.82, 2.24) is 14.5 Å². The molecule has 1 aliphatic heterocycles. The van der Waals surface area contributed by atoms with Gasteiger partial charge in [0.2, 0.25) is 5.91 Å². The fourth-order valence-corrected chi connectivity index (χ4v) is 4.60. The molecular weight excluding hydrogens is 334 g/mol. The molecule has 0 atom stereocenters. The van der Waals surface area contributed by atoms with E-state index in [-0.39, 0.29) is 16.7 Å². The van der Waals surface area contributed by atoms with Crippen molar-refractivity contribution in [3.05, 3.63) is 16.5 Å². The van der Waals surface area contributed by atoms with Crippen LogP contribution in [0, 0.1) is 0 Å². The third-order valence-electron chi connectivity index (χ3n) is 3.40. The molecule has 1 amide bonds. The highest BCUT2D eigenvalue weighted by Gasteiger charge is 2.23. The molecule has 6 nitrogen and oxygen atoms in total. The Bertz CT molecular complexity index is 595. The highest BCUT2D eigenvalue weighted by Crippen LogP contribution is 2.25. The molecule has 1 aromatic rings. The van der Waals surface area contributed by atoms with Gasteiger partial charge in [-0.3, -0.25) is 4.79 Å². The molecule has 0 aliphatic carbocycles. The summed E-state index contributed by atoms with van der Waals surface area (Å²) in [6.45, 7) is 5.76. The number of nitrogens with zero attached hydrogens (tertiary/aromatic N) is 2.